The van der Waals surface area contributed by atoms with E-state index in [4.69, 9.17) is 0 Å². The van der Waals surface area contributed by atoms with Gasteiger partial charge in [0.05, 0.1) is 18.3 Å². The molecule has 2 atom stereocenters. The van der Waals surface area contributed by atoms with Crippen molar-refractivity contribution < 1.29 is 13.6 Å². The lowest BCUT2D eigenvalue weighted by Gasteiger charge is -2.25. The lowest BCUT2D eigenvalue weighted by atomic mass is 10.2. The number of hydrogen-bond acceptors (Lipinski definition) is 5. The lowest BCUT2D eigenvalue weighted by Crippen LogP contribution is -2.39. The van der Waals surface area contributed by atoms with Crippen molar-refractivity contribution in [2.75, 3.05) is 12.8 Å². The van der Waals surface area contributed by atoms with E-state index >= 15 is 0 Å². The smallest absolute Gasteiger partial charge is 0.233 e. The SMILES string of the molecule is CC1=N[C@@H](C)C=C2C[C@H](N(O)S(C)(=O)=O)CN21. The van der Waals surface area contributed by atoms with Crippen LogP contribution in [0, 0.1) is 0 Å². The third-order valence-corrected chi connectivity index (χ3v) is 4.03. The number of fused-ring (bicyclic) bond motifs is 1. The highest BCUT2D eigenvalue weighted by atomic mass is 32.2. The Hall–Kier alpha value is -0.920. The summed E-state index contributed by atoms with van der Waals surface area (Å²) in [4.78, 5) is 6.36. The van der Waals surface area contributed by atoms with E-state index in [-0.39, 0.29) is 6.04 Å². The highest BCUT2D eigenvalue weighted by Gasteiger charge is 2.37. The van der Waals surface area contributed by atoms with Crippen molar-refractivity contribution in [3.63, 3.8) is 0 Å². The van der Waals surface area contributed by atoms with Crippen LogP contribution in [0.25, 0.3) is 0 Å². The molecule has 0 spiro atoms. The average molecular weight is 259 g/mol. The quantitative estimate of drug-likeness (QED) is 0.729. The van der Waals surface area contributed by atoms with Crippen LogP contribution in [-0.4, -0.2) is 53.7 Å². The van der Waals surface area contributed by atoms with Crippen LogP contribution in [-0.2, 0) is 10.0 Å². The summed E-state index contributed by atoms with van der Waals surface area (Å²) in [6.45, 7) is 4.33. The molecule has 17 heavy (non-hydrogen) atoms. The molecule has 2 aliphatic rings. The van der Waals surface area contributed by atoms with Gasteiger partial charge in [-0.25, -0.2) is 8.42 Å². The monoisotopic (exact) mass is 259 g/mol. The Kier molecular flexibility index (Phi) is 3.01. The van der Waals surface area contributed by atoms with Crippen molar-refractivity contribution in [1.82, 2.24) is 9.37 Å². The maximum Gasteiger partial charge on any atom is 0.233 e. The van der Waals surface area contributed by atoms with Gasteiger partial charge in [0.25, 0.3) is 0 Å². The second-order valence-corrected chi connectivity index (χ2v) is 6.42. The highest BCUT2D eigenvalue weighted by Crippen LogP contribution is 2.29. The van der Waals surface area contributed by atoms with Gasteiger partial charge < -0.3 is 4.90 Å². The van der Waals surface area contributed by atoms with Gasteiger partial charge in [0.15, 0.2) is 0 Å². The van der Waals surface area contributed by atoms with Gasteiger partial charge in [0.1, 0.15) is 5.84 Å². The van der Waals surface area contributed by atoms with Gasteiger partial charge in [-0.15, -0.1) is 0 Å². The lowest BCUT2D eigenvalue weighted by molar-refractivity contribution is -0.0298. The molecular formula is C10H17N3O3S. The number of aliphatic imine (C=N–C) groups is 1. The second-order valence-electron chi connectivity index (χ2n) is 4.58. The summed E-state index contributed by atoms with van der Waals surface area (Å²) in [5, 5.41) is 9.64. The topological polar surface area (TPSA) is 73.2 Å². The molecule has 2 aliphatic heterocycles. The Morgan fingerprint density at radius 2 is 2.24 bits per heavy atom. The van der Waals surface area contributed by atoms with E-state index < -0.39 is 16.1 Å². The summed E-state index contributed by atoms with van der Waals surface area (Å²) in [5.74, 6) is 0.874. The molecule has 0 aromatic heterocycles. The van der Waals surface area contributed by atoms with E-state index in [1.807, 2.05) is 24.8 Å². The van der Waals surface area contributed by atoms with E-state index in [0.29, 0.717) is 17.4 Å². The molecular weight excluding hydrogens is 242 g/mol. The summed E-state index contributed by atoms with van der Waals surface area (Å²) in [7, 11) is -3.57. The molecule has 0 bridgehead atoms. The minimum absolute atomic E-state index is 0.116. The first-order valence-corrected chi connectivity index (χ1v) is 7.35. The van der Waals surface area contributed by atoms with Gasteiger partial charge in [-0.3, -0.25) is 10.2 Å². The van der Waals surface area contributed by atoms with Gasteiger partial charge in [0, 0.05) is 18.7 Å². The van der Waals surface area contributed by atoms with Gasteiger partial charge in [0.2, 0.25) is 10.0 Å². The minimum atomic E-state index is -3.57. The molecule has 96 valence electrons. The van der Waals surface area contributed by atoms with Crippen LogP contribution in [0.3, 0.4) is 0 Å². The maximum atomic E-state index is 11.3. The van der Waals surface area contributed by atoms with Gasteiger partial charge >= 0.3 is 0 Å². The van der Waals surface area contributed by atoms with Crippen molar-refractivity contribution in [1.29, 1.82) is 0 Å². The van der Waals surface area contributed by atoms with Gasteiger partial charge in [-0.05, 0) is 19.9 Å². The largest absolute Gasteiger partial charge is 0.333 e. The summed E-state index contributed by atoms with van der Waals surface area (Å²) in [6.07, 6.45) is 3.53. The van der Waals surface area contributed by atoms with Crippen LogP contribution in [0.15, 0.2) is 16.8 Å². The molecule has 0 saturated carbocycles. The summed E-state index contributed by atoms with van der Waals surface area (Å²) < 4.78 is 23.0. The fourth-order valence-electron chi connectivity index (χ4n) is 2.34. The predicted molar refractivity (Wildman–Crippen MR) is 64.2 cm³/mol. The zero-order valence-corrected chi connectivity index (χ0v) is 11.0. The molecule has 2 heterocycles. The Morgan fingerprint density at radius 3 is 2.82 bits per heavy atom. The first kappa shape index (κ1) is 12.5. The molecule has 0 amide bonds. The van der Waals surface area contributed by atoms with Crippen molar-refractivity contribution in [3.05, 3.63) is 11.8 Å². The van der Waals surface area contributed by atoms with E-state index in [1.165, 1.54) is 0 Å². The first-order valence-electron chi connectivity index (χ1n) is 5.50. The van der Waals surface area contributed by atoms with Crippen LogP contribution >= 0.6 is 0 Å². The fraction of sp³-hybridized carbons (Fsp3) is 0.700. The van der Waals surface area contributed by atoms with Crippen molar-refractivity contribution in [3.8, 4) is 0 Å². The molecule has 0 aromatic carbocycles. The van der Waals surface area contributed by atoms with Crippen LogP contribution in [0.2, 0.25) is 0 Å². The molecule has 2 rings (SSSR count). The van der Waals surface area contributed by atoms with Crippen molar-refractivity contribution in [2.45, 2.75) is 32.4 Å². The second kappa shape index (κ2) is 4.08. The van der Waals surface area contributed by atoms with Crippen LogP contribution in [0.5, 0.6) is 0 Å². The molecule has 7 heteroatoms. The number of nitrogens with zero attached hydrogens (tertiary/aromatic N) is 3. The Labute approximate surface area is 101 Å². The number of rotatable bonds is 2. The van der Waals surface area contributed by atoms with E-state index in [1.54, 1.807) is 0 Å². The molecule has 0 aliphatic carbocycles. The van der Waals surface area contributed by atoms with E-state index in [9.17, 15) is 13.6 Å². The molecule has 1 N–H and O–H groups in total. The summed E-state index contributed by atoms with van der Waals surface area (Å²) in [5.41, 5.74) is 1.04. The standard InChI is InChI=1S/C10H17N3O3S/c1-7-4-9-5-10(13(14)17(3,15)16)6-12(9)8(2)11-7/h4,7,10,14H,5-6H2,1-3H3/t7-,10-/m0/s1. The number of hydrogen-bond donors (Lipinski definition) is 1. The van der Waals surface area contributed by atoms with E-state index in [0.717, 1.165) is 17.8 Å². The first-order chi connectivity index (χ1) is 7.79. The molecule has 0 aromatic rings. The summed E-state index contributed by atoms with van der Waals surface area (Å²) in [6, 6.07) is -0.308. The van der Waals surface area contributed by atoms with Crippen LogP contribution in [0.4, 0.5) is 0 Å². The maximum absolute atomic E-state index is 11.3. The number of sulfonamides is 1. The van der Waals surface area contributed by atoms with E-state index in [2.05, 4.69) is 4.99 Å². The highest BCUT2D eigenvalue weighted by molar-refractivity contribution is 7.88. The Morgan fingerprint density at radius 1 is 1.59 bits per heavy atom. The molecule has 1 fully saturated rings. The third kappa shape index (κ3) is 2.36. The normalized spacial score (nSPS) is 29.1. The number of hydroxylamine groups is 1. The predicted octanol–water partition coefficient (Wildman–Crippen LogP) is 0.416. The zero-order valence-electron chi connectivity index (χ0n) is 10.2. The molecule has 0 radical (unpaired) electrons. The average Bonchev–Trinajstić information content (AvgIpc) is 2.58. The Balaban J connectivity index is 2.20. The molecule has 1 saturated heterocycles. The third-order valence-electron chi connectivity index (χ3n) is 3.05. The molecule has 0 unspecified atom stereocenters. The van der Waals surface area contributed by atoms with Crippen LogP contribution < -0.4 is 0 Å². The van der Waals surface area contributed by atoms with Gasteiger partial charge in [-0.2, -0.15) is 0 Å². The van der Waals surface area contributed by atoms with Crippen molar-refractivity contribution >= 4 is 15.9 Å². The van der Waals surface area contributed by atoms with Gasteiger partial charge in [-0.1, -0.05) is 4.47 Å². The zero-order chi connectivity index (χ0) is 12.8. The minimum Gasteiger partial charge on any atom is -0.333 e. The van der Waals surface area contributed by atoms with Crippen LogP contribution in [0.1, 0.15) is 20.3 Å². The fourth-order valence-corrected chi connectivity index (χ4v) is 3.02. The van der Waals surface area contributed by atoms with Crippen molar-refractivity contribution in [2.24, 2.45) is 4.99 Å². The summed E-state index contributed by atoms with van der Waals surface area (Å²) >= 11 is 0. The molecule has 6 nitrogen and oxygen atoms in total. The number of amidine groups is 1. The Bertz CT molecular complexity index is 483.